The Kier molecular flexibility index (Phi) is 4.18. The normalized spacial score (nSPS) is 22.9. The molecule has 3 nitrogen and oxygen atoms in total. The van der Waals surface area contributed by atoms with Crippen molar-refractivity contribution in [2.24, 2.45) is 5.92 Å². The quantitative estimate of drug-likeness (QED) is 0.723. The first-order valence-corrected chi connectivity index (χ1v) is 6.32. The summed E-state index contributed by atoms with van der Waals surface area (Å²) in [5.74, 6) is 0.504. The maximum absolute atomic E-state index is 12.1. The van der Waals surface area contributed by atoms with Crippen molar-refractivity contribution in [3.05, 3.63) is 0 Å². The number of halogens is 1. The molecular weight excluding hydrogens is 258 g/mol. The van der Waals surface area contributed by atoms with E-state index in [4.69, 9.17) is 4.74 Å². The Morgan fingerprint density at radius 3 is 2.53 bits per heavy atom. The van der Waals surface area contributed by atoms with Crippen molar-refractivity contribution in [2.75, 3.05) is 19.7 Å². The molecule has 15 heavy (non-hydrogen) atoms. The lowest BCUT2D eigenvalue weighted by Gasteiger charge is -2.39. The highest BCUT2D eigenvalue weighted by atomic mass is 79.9. The smallest absolute Gasteiger partial charge is 0.236 e. The molecule has 0 saturated carbocycles. The largest absolute Gasteiger partial charge is 0.372 e. The molecule has 4 heteroatoms. The van der Waals surface area contributed by atoms with Crippen LogP contribution in [-0.2, 0) is 9.53 Å². The molecule has 88 valence electrons. The second kappa shape index (κ2) is 4.83. The summed E-state index contributed by atoms with van der Waals surface area (Å²) in [5.41, 5.74) is -0.211. The number of ether oxygens (including phenoxy) is 1. The van der Waals surface area contributed by atoms with Crippen LogP contribution in [0, 0.1) is 5.92 Å². The van der Waals surface area contributed by atoms with E-state index in [0.717, 1.165) is 0 Å². The summed E-state index contributed by atoms with van der Waals surface area (Å²) in [6, 6.07) is 0. The van der Waals surface area contributed by atoms with Crippen LogP contribution in [0.25, 0.3) is 0 Å². The molecule has 1 saturated heterocycles. The van der Waals surface area contributed by atoms with Gasteiger partial charge in [0.05, 0.1) is 17.0 Å². The third kappa shape index (κ3) is 3.45. The van der Waals surface area contributed by atoms with Gasteiger partial charge in [0.2, 0.25) is 5.91 Å². The molecule has 0 radical (unpaired) electrons. The first-order valence-electron chi connectivity index (χ1n) is 5.40. The standard InChI is InChI=1S/C11H20BrNO2/c1-8(2)9(12)10(14)13-5-6-15-11(3,4)7-13/h8-9H,5-7H2,1-4H3. The van der Waals surface area contributed by atoms with Crippen LogP contribution in [0.4, 0.5) is 0 Å². The van der Waals surface area contributed by atoms with Crippen LogP contribution in [0.3, 0.4) is 0 Å². The van der Waals surface area contributed by atoms with E-state index in [2.05, 4.69) is 15.9 Å². The summed E-state index contributed by atoms with van der Waals surface area (Å²) in [6.07, 6.45) is 0. The molecule has 1 unspecified atom stereocenters. The van der Waals surface area contributed by atoms with Crippen LogP contribution in [0.5, 0.6) is 0 Å². The molecular formula is C11H20BrNO2. The Morgan fingerprint density at radius 2 is 2.07 bits per heavy atom. The number of rotatable bonds is 2. The molecule has 1 fully saturated rings. The first kappa shape index (κ1) is 13.0. The van der Waals surface area contributed by atoms with E-state index in [9.17, 15) is 4.79 Å². The van der Waals surface area contributed by atoms with Crippen LogP contribution >= 0.6 is 15.9 Å². The summed E-state index contributed by atoms with van der Waals surface area (Å²) in [4.78, 5) is 13.9. The second-order valence-corrected chi connectivity index (χ2v) is 6.00. The van der Waals surface area contributed by atoms with E-state index < -0.39 is 0 Å². The number of morpholine rings is 1. The summed E-state index contributed by atoms with van der Waals surface area (Å²) in [5, 5.41) is 0. The van der Waals surface area contributed by atoms with Gasteiger partial charge in [-0.05, 0) is 19.8 Å². The molecule has 1 aliphatic rings. The zero-order chi connectivity index (χ0) is 11.6. The Bertz CT molecular complexity index is 241. The third-order valence-corrected chi connectivity index (χ3v) is 4.01. The predicted octanol–water partition coefficient (Wildman–Crippen LogP) is 2.04. The van der Waals surface area contributed by atoms with Gasteiger partial charge in [-0.15, -0.1) is 0 Å². The Balaban J connectivity index is 2.60. The van der Waals surface area contributed by atoms with E-state index >= 15 is 0 Å². The molecule has 0 aliphatic carbocycles. The van der Waals surface area contributed by atoms with Crippen LogP contribution in [-0.4, -0.2) is 40.9 Å². The van der Waals surface area contributed by atoms with Crippen molar-refractivity contribution in [3.63, 3.8) is 0 Å². The van der Waals surface area contributed by atoms with Gasteiger partial charge in [0.25, 0.3) is 0 Å². The van der Waals surface area contributed by atoms with Crippen LogP contribution in [0.2, 0.25) is 0 Å². The predicted molar refractivity (Wildman–Crippen MR) is 64.2 cm³/mol. The maximum atomic E-state index is 12.1. The monoisotopic (exact) mass is 277 g/mol. The minimum atomic E-state index is -0.211. The lowest BCUT2D eigenvalue weighted by Crippen LogP contribution is -2.52. The van der Waals surface area contributed by atoms with Gasteiger partial charge >= 0.3 is 0 Å². The van der Waals surface area contributed by atoms with Crippen LogP contribution < -0.4 is 0 Å². The van der Waals surface area contributed by atoms with Crippen molar-refractivity contribution < 1.29 is 9.53 Å². The molecule has 0 spiro atoms. The van der Waals surface area contributed by atoms with Crippen molar-refractivity contribution in [1.29, 1.82) is 0 Å². The van der Waals surface area contributed by atoms with Gasteiger partial charge in [-0.2, -0.15) is 0 Å². The fourth-order valence-electron chi connectivity index (χ4n) is 1.66. The SMILES string of the molecule is CC(C)C(Br)C(=O)N1CCOC(C)(C)C1. The Labute approximate surface area is 100 Å². The van der Waals surface area contributed by atoms with Crippen molar-refractivity contribution >= 4 is 21.8 Å². The van der Waals surface area contributed by atoms with Gasteiger partial charge in [-0.1, -0.05) is 29.8 Å². The van der Waals surface area contributed by atoms with Gasteiger partial charge < -0.3 is 9.64 Å². The van der Waals surface area contributed by atoms with Gasteiger partial charge in [0.1, 0.15) is 0 Å². The van der Waals surface area contributed by atoms with E-state index in [0.29, 0.717) is 25.6 Å². The Hall–Kier alpha value is -0.0900. The summed E-state index contributed by atoms with van der Waals surface area (Å²) >= 11 is 3.45. The van der Waals surface area contributed by atoms with Gasteiger partial charge in [-0.3, -0.25) is 4.79 Å². The first-order chi connectivity index (χ1) is 6.83. The second-order valence-electron chi connectivity index (χ2n) is 5.01. The number of alkyl halides is 1. The number of carbonyl (C=O) groups excluding carboxylic acids is 1. The lowest BCUT2D eigenvalue weighted by atomic mass is 10.1. The average Bonchev–Trinajstić information content (AvgIpc) is 2.13. The molecule has 1 aliphatic heterocycles. The number of amides is 1. The highest BCUT2D eigenvalue weighted by Gasteiger charge is 2.33. The van der Waals surface area contributed by atoms with Crippen molar-refractivity contribution in [2.45, 2.75) is 38.1 Å². The molecule has 0 aromatic heterocycles. The lowest BCUT2D eigenvalue weighted by molar-refractivity contribution is -0.145. The molecule has 1 atom stereocenters. The molecule has 0 N–H and O–H groups in total. The number of hydrogen-bond donors (Lipinski definition) is 0. The summed E-state index contributed by atoms with van der Waals surface area (Å²) in [6.45, 7) is 10.1. The summed E-state index contributed by atoms with van der Waals surface area (Å²) in [7, 11) is 0. The van der Waals surface area contributed by atoms with Crippen LogP contribution in [0.15, 0.2) is 0 Å². The number of hydrogen-bond acceptors (Lipinski definition) is 2. The highest BCUT2D eigenvalue weighted by molar-refractivity contribution is 9.10. The summed E-state index contributed by atoms with van der Waals surface area (Å²) < 4.78 is 5.58. The minimum absolute atomic E-state index is 0.0774. The van der Waals surface area contributed by atoms with E-state index in [1.54, 1.807) is 0 Å². The fraction of sp³-hybridized carbons (Fsp3) is 0.909. The Morgan fingerprint density at radius 1 is 1.47 bits per heavy atom. The zero-order valence-corrected chi connectivity index (χ0v) is 11.5. The molecule has 0 bridgehead atoms. The zero-order valence-electron chi connectivity index (χ0n) is 9.92. The van der Waals surface area contributed by atoms with Gasteiger partial charge in [0, 0.05) is 13.1 Å². The van der Waals surface area contributed by atoms with Gasteiger partial charge in [-0.25, -0.2) is 0 Å². The fourth-order valence-corrected chi connectivity index (χ4v) is 1.95. The third-order valence-electron chi connectivity index (χ3n) is 2.56. The van der Waals surface area contributed by atoms with Crippen LogP contribution in [0.1, 0.15) is 27.7 Å². The van der Waals surface area contributed by atoms with Crippen molar-refractivity contribution in [3.8, 4) is 0 Å². The van der Waals surface area contributed by atoms with Gasteiger partial charge in [0.15, 0.2) is 0 Å². The number of nitrogens with zero attached hydrogens (tertiary/aromatic N) is 1. The minimum Gasteiger partial charge on any atom is -0.372 e. The van der Waals surface area contributed by atoms with E-state index in [1.165, 1.54) is 0 Å². The number of carbonyl (C=O) groups is 1. The highest BCUT2D eigenvalue weighted by Crippen LogP contribution is 2.21. The van der Waals surface area contributed by atoms with Crippen molar-refractivity contribution in [1.82, 2.24) is 4.90 Å². The molecule has 0 aromatic carbocycles. The maximum Gasteiger partial charge on any atom is 0.236 e. The molecule has 1 heterocycles. The average molecular weight is 278 g/mol. The molecule has 1 rings (SSSR count). The molecule has 1 amide bonds. The molecule has 0 aromatic rings. The topological polar surface area (TPSA) is 29.5 Å². The van der Waals surface area contributed by atoms with E-state index in [1.807, 2.05) is 32.6 Å². The van der Waals surface area contributed by atoms with E-state index in [-0.39, 0.29) is 16.3 Å².